The third-order valence-corrected chi connectivity index (χ3v) is 6.91. The molecule has 1 amide bonds. The zero-order valence-corrected chi connectivity index (χ0v) is 20.7. The van der Waals surface area contributed by atoms with Crippen molar-refractivity contribution in [2.24, 2.45) is 0 Å². The van der Waals surface area contributed by atoms with E-state index in [0.29, 0.717) is 66.9 Å². The van der Waals surface area contributed by atoms with Gasteiger partial charge in [-0.15, -0.1) is 0 Å². The number of hydrogen-bond donors (Lipinski definition) is 2. The molecule has 36 heavy (non-hydrogen) atoms. The normalized spacial score (nSPS) is 18.2. The van der Waals surface area contributed by atoms with Crippen molar-refractivity contribution in [1.82, 2.24) is 29.7 Å². The number of methoxy groups -OCH3 is 2. The number of carbonyl (C=O) groups excluding carboxylic acids is 1. The van der Waals surface area contributed by atoms with Gasteiger partial charge in [-0.1, -0.05) is 0 Å². The zero-order valence-electron chi connectivity index (χ0n) is 20.7. The van der Waals surface area contributed by atoms with E-state index in [4.69, 9.17) is 24.9 Å². The summed E-state index contributed by atoms with van der Waals surface area (Å²) in [5, 5.41) is 3.34. The second kappa shape index (κ2) is 10.3. The molecule has 0 atom stereocenters. The van der Waals surface area contributed by atoms with Crippen molar-refractivity contribution in [2.75, 3.05) is 79.0 Å². The fraction of sp³-hybridized carbons (Fsp3) is 0.440. The highest BCUT2D eigenvalue weighted by molar-refractivity contribution is 5.97. The van der Waals surface area contributed by atoms with Crippen molar-refractivity contribution in [2.45, 2.75) is 0 Å². The second-order valence-electron chi connectivity index (χ2n) is 8.99. The van der Waals surface area contributed by atoms with Gasteiger partial charge in [-0.2, -0.15) is 4.98 Å². The summed E-state index contributed by atoms with van der Waals surface area (Å²) >= 11 is 0. The number of nitrogens with two attached hydrogens (primary N) is 1. The summed E-state index contributed by atoms with van der Waals surface area (Å²) in [6.07, 6.45) is 0. The van der Waals surface area contributed by atoms with Gasteiger partial charge in [-0.25, -0.2) is 19.2 Å². The standard InChI is InChI=1S/C25H32N7O4/c1-34-20-6-3-17(15-21(20)35-2)18-4-5-19-23(28-18)24(30-25(26)29-19)32(11-13-36-14-12-32)22(33)16-31-9-7-27-8-10-31/h3-6,15,27H,7-14,16H2,1-2H3,(H2,26,29,30)/q+1. The molecule has 2 saturated heterocycles. The van der Waals surface area contributed by atoms with Crippen molar-refractivity contribution in [3.05, 3.63) is 30.3 Å². The number of quaternary nitrogens is 1. The number of rotatable bonds is 6. The van der Waals surface area contributed by atoms with E-state index in [-0.39, 0.29) is 16.3 Å². The first-order valence-electron chi connectivity index (χ1n) is 12.1. The van der Waals surface area contributed by atoms with Gasteiger partial charge < -0.3 is 25.3 Å². The molecule has 0 saturated carbocycles. The van der Waals surface area contributed by atoms with Gasteiger partial charge in [0.2, 0.25) is 5.95 Å². The fourth-order valence-corrected chi connectivity index (χ4v) is 4.90. The van der Waals surface area contributed by atoms with E-state index >= 15 is 0 Å². The van der Waals surface area contributed by atoms with E-state index in [1.807, 2.05) is 30.3 Å². The van der Waals surface area contributed by atoms with Crippen LogP contribution in [0.25, 0.3) is 22.3 Å². The van der Waals surface area contributed by atoms with Gasteiger partial charge in [0, 0.05) is 31.7 Å². The third-order valence-electron chi connectivity index (χ3n) is 6.91. The number of aromatic nitrogens is 3. The quantitative estimate of drug-likeness (QED) is 0.481. The van der Waals surface area contributed by atoms with E-state index < -0.39 is 0 Å². The number of morpholine rings is 1. The molecular formula is C25H32N7O4+. The summed E-state index contributed by atoms with van der Waals surface area (Å²) in [5.74, 6) is 1.96. The molecule has 1 aromatic carbocycles. The molecule has 2 aliphatic heterocycles. The molecule has 3 N–H and O–H groups in total. The number of hydrogen-bond acceptors (Lipinski definition) is 10. The molecule has 11 nitrogen and oxygen atoms in total. The molecule has 0 radical (unpaired) electrons. The summed E-state index contributed by atoms with van der Waals surface area (Å²) in [6.45, 7) is 5.58. The first-order chi connectivity index (χ1) is 17.5. The van der Waals surface area contributed by atoms with Crippen LogP contribution >= 0.6 is 0 Å². The van der Waals surface area contributed by atoms with Gasteiger partial charge in [-0.3, -0.25) is 4.90 Å². The Labute approximate surface area is 209 Å². The van der Waals surface area contributed by atoms with Crippen LogP contribution in [-0.2, 0) is 9.53 Å². The van der Waals surface area contributed by atoms with Crippen molar-refractivity contribution >= 4 is 28.7 Å². The van der Waals surface area contributed by atoms with E-state index in [1.54, 1.807) is 14.2 Å². The number of piperazine rings is 1. The Morgan fingerprint density at radius 2 is 1.81 bits per heavy atom. The maximum absolute atomic E-state index is 13.9. The fourth-order valence-electron chi connectivity index (χ4n) is 4.90. The lowest BCUT2D eigenvalue weighted by molar-refractivity contribution is -0.135. The van der Waals surface area contributed by atoms with Gasteiger partial charge in [0.05, 0.1) is 33.1 Å². The van der Waals surface area contributed by atoms with Crippen LogP contribution in [0.4, 0.5) is 11.8 Å². The highest BCUT2D eigenvalue weighted by Crippen LogP contribution is 2.35. The van der Waals surface area contributed by atoms with E-state index in [0.717, 1.165) is 31.7 Å². The van der Waals surface area contributed by atoms with Crippen LogP contribution in [0.5, 0.6) is 11.5 Å². The van der Waals surface area contributed by atoms with Crippen LogP contribution < -0.4 is 25.0 Å². The predicted molar refractivity (Wildman–Crippen MR) is 137 cm³/mol. The lowest BCUT2D eigenvalue weighted by Crippen LogP contribution is -2.64. The Kier molecular flexibility index (Phi) is 6.97. The summed E-state index contributed by atoms with van der Waals surface area (Å²) in [5.41, 5.74) is 8.85. The number of pyridine rings is 1. The first kappa shape index (κ1) is 24.3. The number of carbonyl (C=O) groups is 1. The monoisotopic (exact) mass is 494 g/mol. The number of nitrogen functional groups attached to an aromatic ring is 1. The third kappa shape index (κ3) is 4.58. The molecule has 0 unspecified atom stereocenters. The second-order valence-corrected chi connectivity index (χ2v) is 8.99. The minimum atomic E-state index is 0.0372. The Bertz CT molecular complexity index is 1260. The van der Waals surface area contributed by atoms with Crippen LogP contribution in [0.1, 0.15) is 0 Å². The molecule has 11 heteroatoms. The molecule has 0 aliphatic carbocycles. The van der Waals surface area contributed by atoms with Crippen molar-refractivity contribution in [1.29, 1.82) is 0 Å². The maximum atomic E-state index is 13.9. The van der Waals surface area contributed by atoms with Crippen LogP contribution in [0.2, 0.25) is 0 Å². The van der Waals surface area contributed by atoms with Gasteiger partial charge in [0.25, 0.3) is 5.82 Å². The molecular weight excluding hydrogens is 462 g/mol. The number of ether oxygens (including phenoxy) is 3. The minimum absolute atomic E-state index is 0.0372. The summed E-state index contributed by atoms with van der Waals surface area (Å²) in [7, 11) is 3.20. The van der Waals surface area contributed by atoms with E-state index in [9.17, 15) is 4.79 Å². The van der Waals surface area contributed by atoms with Crippen molar-refractivity contribution < 1.29 is 19.0 Å². The number of fused-ring (bicyclic) bond motifs is 1. The molecule has 2 aliphatic rings. The molecule has 3 aromatic rings. The number of amides is 1. The zero-order chi connectivity index (χ0) is 25.1. The molecule has 2 fully saturated rings. The topological polar surface area (TPSA) is 125 Å². The van der Waals surface area contributed by atoms with E-state index in [2.05, 4.69) is 20.2 Å². The Morgan fingerprint density at radius 3 is 2.53 bits per heavy atom. The number of benzene rings is 1. The highest BCUT2D eigenvalue weighted by Gasteiger charge is 2.45. The maximum Gasteiger partial charge on any atom is 0.334 e. The van der Waals surface area contributed by atoms with E-state index in [1.165, 1.54) is 0 Å². The molecule has 190 valence electrons. The van der Waals surface area contributed by atoms with Gasteiger partial charge in [0.1, 0.15) is 25.2 Å². The smallest absolute Gasteiger partial charge is 0.334 e. The largest absolute Gasteiger partial charge is 0.493 e. The summed E-state index contributed by atoms with van der Waals surface area (Å²) in [6, 6.07) is 9.38. The lowest BCUT2D eigenvalue weighted by Gasteiger charge is -2.39. The molecule has 4 heterocycles. The number of anilines is 1. The van der Waals surface area contributed by atoms with Crippen LogP contribution in [-0.4, -0.2) is 99.0 Å². The number of nitrogens with one attached hydrogen (secondary N) is 1. The molecule has 2 aromatic heterocycles. The molecule has 5 rings (SSSR count). The average Bonchev–Trinajstić information content (AvgIpc) is 2.92. The SMILES string of the molecule is COc1ccc(-c2ccc3nc(N)nc([N+]4(C(=O)CN5CCNCC5)CCOCC4)c3n2)cc1OC. The minimum Gasteiger partial charge on any atom is -0.493 e. The van der Waals surface area contributed by atoms with Crippen LogP contribution in [0, 0.1) is 0 Å². The predicted octanol–water partition coefficient (Wildman–Crippen LogP) is 1.06. The average molecular weight is 495 g/mol. The van der Waals surface area contributed by atoms with Gasteiger partial charge >= 0.3 is 5.91 Å². The summed E-state index contributed by atoms with van der Waals surface area (Å²) in [4.78, 5) is 30.1. The Balaban J connectivity index is 1.61. The molecule has 0 spiro atoms. The Hall–Kier alpha value is -3.38. The van der Waals surface area contributed by atoms with Gasteiger partial charge in [0.15, 0.2) is 17.0 Å². The van der Waals surface area contributed by atoms with Crippen LogP contribution in [0.15, 0.2) is 30.3 Å². The summed E-state index contributed by atoms with van der Waals surface area (Å²) < 4.78 is 16.5. The Morgan fingerprint density at radius 1 is 1.06 bits per heavy atom. The van der Waals surface area contributed by atoms with Crippen LogP contribution in [0.3, 0.4) is 0 Å². The lowest BCUT2D eigenvalue weighted by atomic mass is 10.1. The highest BCUT2D eigenvalue weighted by atomic mass is 16.5. The van der Waals surface area contributed by atoms with Crippen molar-refractivity contribution in [3.63, 3.8) is 0 Å². The number of nitrogens with zero attached hydrogens (tertiary/aromatic N) is 5. The first-order valence-corrected chi connectivity index (χ1v) is 12.1. The molecule has 0 bridgehead atoms. The van der Waals surface area contributed by atoms with Gasteiger partial charge in [-0.05, 0) is 30.3 Å². The van der Waals surface area contributed by atoms with Crippen molar-refractivity contribution in [3.8, 4) is 22.8 Å².